The molecule has 0 bridgehead atoms. The van der Waals surface area contributed by atoms with Crippen LogP contribution in [0, 0.1) is 24.7 Å². The molecule has 2 heterocycles. The summed E-state index contributed by atoms with van der Waals surface area (Å²) in [7, 11) is 2.19. The number of aldehydes is 2. The van der Waals surface area contributed by atoms with Crippen LogP contribution < -0.4 is 0 Å². The van der Waals surface area contributed by atoms with E-state index >= 15 is 0 Å². The quantitative estimate of drug-likeness (QED) is 0.115. The Morgan fingerprint density at radius 2 is 1.83 bits per heavy atom. The smallest absolute Gasteiger partial charge is 0.142 e. The molecule has 0 spiro atoms. The van der Waals surface area contributed by atoms with E-state index in [-0.39, 0.29) is 0 Å². The molecule has 1 atom stereocenters. The number of carbonyl (C=O) groups excluding carboxylic acids is 2. The second kappa shape index (κ2) is 19.4. The molecule has 0 amide bonds. The van der Waals surface area contributed by atoms with Crippen LogP contribution in [-0.4, -0.2) is 48.4 Å². The first-order valence-corrected chi connectivity index (χ1v) is 15.5. The molecule has 2 aromatic rings. The highest BCUT2D eigenvalue weighted by atomic mass is 35.5. The first kappa shape index (κ1) is 36.3. The third kappa shape index (κ3) is 11.2. The molecule has 1 saturated carbocycles. The Balaban J connectivity index is 0.000000496. The highest BCUT2D eigenvalue weighted by Crippen LogP contribution is 2.45. The number of likely N-dealkylation sites (tertiary alicyclic amines) is 1. The summed E-state index contributed by atoms with van der Waals surface area (Å²) >= 11 is 6.30. The van der Waals surface area contributed by atoms with Gasteiger partial charge in [0.15, 0.2) is 0 Å². The van der Waals surface area contributed by atoms with Gasteiger partial charge >= 0.3 is 0 Å². The van der Waals surface area contributed by atoms with Crippen molar-refractivity contribution >= 4 is 46.9 Å². The monoisotopic (exact) mass is 581 g/mol. The summed E-state index contributed by atoms with van der Waals surface area (Å²) in [4.78, 5) is 27.3. The second-order valence-electron chi connectivity index (χ2n) is 10.7. The summed E-state index contributed by atoms with van der Waals surface area (Å²) < 4.78 is 2.04. The van der Waals surface area contributed by atoms with Gasteiger partial charge in [0.2, 0.25) is 0 Å². The Labute approximate surface area is 254 Å². The summed E-state index contributed by atoms with van der Waals surface area (Å²) in [6.45, 7) is 23.1. The summed E-state index contributed by atoms with van der Waals surface area (Å²) in [5, 5.41) is 1.74. The minimum absolute atomic E-state index is 0.323. The Hall–Kier alpha value is -2.76. The number of carbonyl (C=O) groups is 2. The van der Waals surface area contributed by atoms with Gasteiger partial charge in [0.1, 0.15) is 12.6 Å². The molecule has 1 aliphatic carbocycles. The van der Waals surface area contributed by atoms with Gasteiger partial charge in [-0.3, -0.25) is 9.79 Å². The predicted molar refractivity (Wildman–Crippen MR) is 179 cm³/mol. The minimum Gasteiger partial charge on any atom is -0.337 e. The van der Waals surface area contributed by atoms with Crippen molar-refractivity contribution in [3.8, 4) is 0 Å². The van der Waals surface area contributed by atoms with Gasteiger partial charge in [-0.25, -0.2) is 0 Å². The molecule has 1 aliphatic heterocycles. The summed E-state index contributed by atoms with van der Waals surface area (Å²) in [6, 6.07) is 5.83. The molecule has 0 N–H and O–H groups in total. The van der Waals surface area contributed by atoms with Crippen molar-refractivity contribution in [1.82, 2.24) is 9.47 Å². The van der Waals surface area contributed by atoms with Gasteiger partial charge in [0.05, 0.1) is 6.54 Å². The van der Waals surface area contributed by atoms with Gasteiger partial charge < -0.3 is 14.3 Å². The number of aliphatic imine (C=N–C) groups is 1. The van der Waals surface area contributed by atoms with E-state index in [1.54, 1.807) is 0 Å². The van der Waals surface area contributed by atoms with E-state index in [0.717, 1.165) is 51.9 Å². The van der Waals surface area contributed by atoms with E-state index in [9.17, 15) is 4.79 Å². The fourth-order valence-electron chi connectivity index (χ4n) is 4.85. The van der Waals surface area contributed by atoms with Crippen molar-refractivity contribution in [1.29, 1.82) is 0 Å². The van der Waals surface area contributed by atoms with Crippen LogP contribution >= 0.6 is 11.6 Å². The molecule has 5 nitrogen and oxygen atoms in total. The SMILES string of the molecule is C=C(/C(=C\N=CC(C)CC)c1c(C)n(CC=O)c2ccc(Cl)cc12)C1CC1.C=CC=O.CC.CCCC1CN(C)C1. The third-order valence-electron chi connectivity index (χ3n) is 7.35. The lowest BCUT2D eigenvalue weighted by Crippen LogP contribution is -2.43. The molecule has 1 aromatic heterocycles. The topological polar surface area (TPSA) is 54.7 Å². The Morgan fingerprint density at radius 1 is 1.20 bits per heavy atom. The van der Waals surface area contributed by atoms with E-state index in [1.807, 2.05) is 49.0 Å². The highest BCUT2D eigenvalue weighted by molar-refractivity contribution is 6.31. The van der Waals surface area contributed by atoms with Crippen LogP contribution in [0.5, 0.6) is 0 Å². The lowest BCUT2D eigenvalue weighted by Gasteiger charge is -2.35. The Kier molecular flexibility index (Phi) is 17.1. The molecule has 1 aromatic carbocycles. The zero-order valence-electron chi connectivity index (χ0n) is 26.5. The predicted octanol–water partition coefficient (Wildman–Crippen LogP) is 8.97. The average molecular weight is 582 g/mol. The maximum absolute atomic E-state index is 11.2. The van der Waals surface area contributed by atoms with Crippen molar-refractivity contribution in [2.75, 3.05) is 20.1 Å². The standard InChI is InChI=1S/C23H27ClN2O.C7H15N.C3H4O.C2H6/c1-5-15(2)13-25-14-21(16(3)18-6-7-18)23-17(4)26(10-11-27)22-9-8-19(24)12-20(22)23;1-3-4-7-5-8(2)6-7;1-2-3-4;1-2/h8-9,11-15,18H,3,5-7,10H2,1-2,4H3;7H,3-6H2,1-2H3;2-3H,1H2;1-2H3/b21-14+,25-13?;;;. The number of fused-ring (bicyclic) bond motifs is 1. The normalized spacial score (nSPS) is 15.9. The number of halogens is 1. The zero-order chi connectivity index (χ0) is 30.9. The largest absolute Gasteiger partial charge is 0.337 e. The molecule has 6 heteroatoms. The fourth-order valence-corrected chi connectivity index (χ4v) is 5.02. The minimum atomic E-state index is 0.323. The Bertz CT molecular complexity index is 1170. The van der Waals surface area contributed by atoms with Crippen LogP contribution in [0.15, 0.2) is 54.2 Å². The van der Waals surface area contributed by atoms with E-state index in [1.165, 1.54) is 44.8 Å². The maximum atomic E-state index is 11.2. The zero-order valence-corrected chi connectivity index (χ0v) is 27.2. The second-order valence-corrected chi connectivity index (χ2v) is 11.1. The molecule has 1 saturated heterocycles. The molecule has 1 unspecified atom stereocenters. The van der Waals surface area contributed by atoms with E-state index in [0.29, 0.717) is 29.7 Å². The third-order valence-corrected chi connectivity index (χ3v) is 7.58. The molecule has 226 valence electrons. The fraction of sp³-hybridized carbons (Fsp3) is 0.514. The summed E-state index contributed by atoms with van der Waals surface area (Å²) in [6.07, 6.45) is 12.9. The van der Waals surface area contributed by atoms with Gasteiger partial charge in [-0.1, -0.05) is 65.8 Å². The first-order valence-electron chi connectivity index (χ1n) is 15.1. The van der Waals surface area contributed by atoms with Gasteiger partial charge in [-0.2, -0.15) is 0 Å². The van der Waals surface area contributed by atoms with E-state index in [4.69, 9.17) is 16.4 Å². The van der Waals surface area contributed by atoms with Crippen molar-refractivity contribution < 1.29 is 9.59 Å². The molecular formula is C35H52ClN3O2. The number of benzene rings is 1. The molecular weight excluding hydrogens is 530 g/mol. The summed E-state index contributed by atoms with van der Waals surface area (Å²) in [5.41, 5.74) is 5.34. The average Bonchev–Trinajstić information content (AvgIpc) is 3.78. The molecule has 4 rings (SSSR count). The maximum Gasteiger partial charge on any atom is 0.142 e. The van der Waals surface area contributed by atoms with Crippen LogP contribution in [0.4, 0.5) is 0 Å². The van der Waals surface area contributed by atoms with Crippen LogP contribution in [0.25, 0.3) is 16.5 Å². The van der Waals surface area contributed by atoms with Gasteiger partial charge in [0.25, 0.3) is 0 Å². The van der Waals surface area contributed by atoms with Gasteiger partial charge in [0, 0.05) is 58.3 Å². The van der Waals surface area contributed by atoms with Gasteiger partial charge in [-0.15, -0.1) is 0 Å². The number of rotatable bonds is 11. The van der Waals surface area contributed by atoms with Crippen molar-refractivity contribution in [3.05, 3.63) is 65.5 Å². The molecule has 2 aliphatic rings. The lowest BCUT2D eigenvalue weighted by molar-refractivity contribution is -0.108. The van der Waals surface area contributed by atoms with Crippen LogP contribution in [0.1, 0.15) is 78.0 Å². The number of hydrogen-bond donors (Lipinski definition) is 0. The van der Waals surface area contributed by atoms with Gasteiger partial charge in [-0.05, 0) is 87.3 Å². The number of allylic oxidation sites excluding steroid dienone is 3. The molecule has 41 heavy (non-hydrogen) atoms. The number of nitrogens with zero attached hydrogens (tertiary/aromatic N) is 3. The van der Waals surface area contributed by atoms with E-state index < -0.39 is 0 Å². The number of hydrogen-bond acceptors (Lipinski definition) is 4. The highest BCUT2D eigenvalue weighted by Gasteiger charge is 2.29. The molecule has 2 fully saturated rings. The molecule has 0 radical (unpaired) electrons. The Morgan fingerprint density at radius 3 is 2.32 bits per heavy atom. The van der Waals surface area contributed by atoms with Crippen molar-refractivity contribution in [2.45, 2.75) is 80.2 Å². The number of aromatic nitrogens is 1. The van der Waals surface area contributed by atoms with Crippen molar-refractivity contribution in [2.24, 2.45) is 22.7 Å². The summed E-state index contributed by atoms with van der Waals surface area (Å²) in [5.74, 6) is 1.99. The van der Waals surface area contributed by atoms with Crippen LogP contribution in [-0.2, 0) is 16.1 Å². The first-order chi connectivity index (χ1) is 19.7. The van der Waals surface area contributed by atoms with Crippen molar-refractivity contribution in [3.63, 3.8) is 0 Å². The van der Waals surface area contributed by atoms with Crippen LogP contribution in [0.3, 0.4) is 0 Å². The lowest BCUT2D eigenvalue weighted by atomic mass is 9.94. The van der Waals surface area contributed by atoms with Crippen LogP contribution in [0.2, 0.25) is 5.02 Å². The van der Waals surface area contributed by atoms with E-state index in [2.05, 4.69) is 57.8 Å².